The molecular weight excluding hydrogens is 142 g/mol. The molecule has 0 radical (unpaired) electrons. The van der Waals surface area contributed by atoms with Crippen LogP contribution < -0.4 is 0 Å². The van der Waals surface area contributed by atoms with E-state index in [0.717, 1.165) is 38.9 Å². The van der Waals surface area contributed by atoms with Crippen LogP contribution >= 0.6 is 0 Å². The number of β-amino-alcohol motifs (C(OH)–C–C–N with tert-alkyl or cyclic N) is 1. The standard InChI is InChI=1S/C8H17NO2/c10-6-2-5-9-4-1-3-8(11)7-9/h8,10-11H,1-7H2. The van der Waals surface area contributed by atoms with Crippen molar-refractivity contribution in [3.05, 3.63) is 0 Å². The fourth-order valence-corrected chi connectivity index (χ4v) is 1.53. The molecule has 0 amide bonds. The monoisotopic (exact) mass is 159 g/mol. The Morgan fingerprint density at radius 1 is 1.45 bits per heavy atom. The van der Waals surface area contributed by atoms with Gasteiger partial charge in [-0.2, -0.15) is 0 Å². The molecule has 1 saturated heterocycles. The number of hydrogen-bond donors (Lipinski definition) is 2. The number of hydrogen-bond acceptors (Lipinski definition) is 3. The summed E-state index contributed by atoms with van der Waals surface area (Å²) in [5.41, 5.74) is 0. The van der Waals surface area contributed by atoms with E-state index >= 15 is 0 Å². The van der Waals surface area contributed by atoms with Crippen LogP contribution in [0.2, 0.25) is 0 Å². The summed E-state index contributed by atoms with van der Waals surface area (Å²) in [6.07, 6.45) is 2.72. The first kappa shape index (κ1) is 8.97. The van der Waals surface area contributed by atoms with Crippen LogP contribution in [0.1, 0.15) is 19.3 Å². The van der Waals surface area contributed by atoms with Crippen LogP contribution in [-0.4, -0.2) is 47.5 Å². The lowest BCUT2D eigenvalue weighted by Gasteiger charge is -2.29. The fourth-order valence-electron chi connectivity index (χ4n) is 1.53. The molecular formula is C8H17NO2. The van der Waals surface area contributed by atoms with Crippen LogP contribution in [0.4, 0.5) is 0 Å². The Bertz CT molecular complexity index is 108. The molecule has 0 aliphatic carbocycles. The number of piperidine rings is 1. The average molecular weight is 159 g/mol. The predicted molar refractivity (Wildman–Crippen MR) is 43.4 cm³/mol. The van der Waals surface area contributed by atoms with E-state index in [0.29, 0.717) is 0 Å². The van der Waals surface area contributed by atoms with E-state index in [4.69, 9.17) is 5.11 Å². The van der Waals surface area contributed by atoms with Crippen molar-refractivity contribution in [2.24, 2.45) is 0 Å². The first-order chi connectivity index (χ1) is 5.33. The summed E-state index contributed by atoms with van der Waals surface area (Å²) in [4.78, 5) is 2.21. The van der Waals surface area contributed by atoms with E-state index in [1.807, 2.05) is 0 Å². The van der Waals surface area contributed by atoms with Gasteiger partial charge in [-0.05, 0) is 25.8 Å². The van der Waals surface area contributed by atoms with Gasteiger partial charge in [-0.25, -0.2) is 0 Å². The van der Waals surface area contributed by atoms with Gasteiger partial charge in [0.05, 0.1) is 6.10 Å². The van der Waals surface area contributed by atoms with Crippen molar-refractivity contribution in [3.8, 4) is 0 Å². The van der Waals surface area contributed by atoms with Crippen LogP contribution in [-0.2, 0) is 0 Å². The van der Waals surface area contributed by atoms with E-state index in [-0.39, 0.29) is 12.7 Å². The summed E-state index contributed by atoms with van der Waals surface area (Å²) in [5.74, 6) is 0. The van der Waals surface area contributed by atoms with Crippen molar-refractivity contribution in [3.63, 3.8) is 0 Å². The van der Waals surface area contributed by atoms with Gasteiger partial charge in [-0.15, -0.1) is 0 Å². The summed E-state index contributed by atoms with van der Waals surface area (Å²) in [5, 5.41) is 17.8. The van der Waals surface area contributed by atoms with Gasteiger partial charge in [-0.3, -0.25) is 0 Å². The maximum atomic E-state index is 9.27. The van der Waals surface area contributed by atoms with E-state index < -0.39 is 0 Å². The summed E-state index contributed by atoms with van der Waals surface area (Å²) in [6, 6.07) is 0. The second-order valence-electron chi connectivity index (χ2n) is 3.17. The van der Waals surface area contributed by atoms with Crippen molar-refractivity contribution in [1.29, 1.82) is 0 Å². The summed E-state index contributed by atoms with van der Waals surface area (Å²) in [7, 11) is 0. The molecule has 0 aromatic rings. The van der Waals surface area contributed by atoms with Gasteiger partial charge in [0, 0.05) is 19.7 Å². The summed E-state index contributed by atoms with van der Waals surface area (Å²) < 4.78 is 0. The molecule has 3 nitrogen and oxygen atoms in total. The molecule has 1 aliphatic heterocycles. The number of aliphatic hydroxyl groups is 2. The van der Waals surface area contributed by atoms with Gasteiger partial charge in [0.2, 0.25) is 0 Å². The lowest BCUT2D eigenvalue weighted by atomic mass is 10.1. The molecule has 1 atom stereocenters. The zero-order chi connectivity index (χ0) is 8.10. The molecule has 1 heterocycles. The minimum Gasteiger partial charge on any atom is -0.396 e. The second kappa shape index (κ2) is 4.70. The van der Waals surface area contributed by atoms with Crippen LogP contribution in [0, 0.1) is 0 Å². The van der Waals surface area contributed by atoms with Crippen molar-refractivity contribution in [1.82, 2.24) is 4.90 Å². The SMILES string of the molecule is OCCCN1CCCC(O)C1. The highest BCUT2D eigenvalue weighted by Gasteiger charge is 2.16. The third-order valence-corrected chi connectivity index (χ3v) is 2.11. The topological polar surface area (TPSA) is 43.7 Å². The summed E-state index contributed by atoms with van der Waals surface area (Å²) >= 11 is 0. The van der Waals surface area contributed by atoms with Gasteiger partial charge in [0.1, 0.15) is 0 Å². The Morgan fingerprint density at radius 3 is 2.91 bits per heavy atom. The fraction of sp³-hybridized carbons (Fsp3) is 1.00. The Hall–Kier alpha value is -0.120. The molecule has 1 rings (SSSR count). The van der Waals surface area contributed by atoms with Gasteiger partial charge < -0.3 is 15.1 Å². The van der Waals surface area contributed by atoms with Gasteiger partial charge >= 0.3 is 0 Å². The summed E-state index contributed by atoms with van der Waals surface area (Å²) in [6.45, 7) is 3.05. The van der Waals surface area contributed by atoms with Crippen molar-refractivity contribution < 1.29 is 10.2 Å². The molecule has 1 fully saturated rings. The molecule has 0 aromatic heterocycles. The smallest absolute Gasteiger partial charge is 0.0667 e. The molecule has 3 heteroatoms. The molecule has 0 saturated carbocycles. The maximum Gasteiger partial charge on any atom is 0.0667 e. The Kier molecular flexibility index (Phi) is 3.83. The zero-order valence-corrected chi connectivity index (χ0v) is 6.87. The lowest BCUT2D eigenvalue weighted by molar-refractivity contribution is 0.0672. The third kappa shape index (κ3) is 3.18. The van der Waals surface area contributed by atoms with Crippen LogP contribution in [0.15, 0.2) is 0 Å². The maximum absolute atomic E-state index is 9.27. The van der Waals surface area contributed by atoms with Crippen LogP contribution in [0.5, 0.6) is 0 Å². The average Bonchev–Trinajstić information content (AvgIpc) is 2.01. The first-order valence-corrected chi connectivity index (χ1v) is 4.34. The van der Waals surface area contributed by atoms with Gasteiger partial charge in [0.15, 0.2) is 0 Å². The van der Waals surface area contributed by atoms with E-state index in [9.17, 15) is 5.11 Å². The molecule has 0 aromatic carbocycles. The van der Waals surface area contributed by atoms with Gasteiger partial charge in [0.25, 0.3) is 0 Å². The van der Waals surface area contributed by atoms with Crippen molar-refractivity contribution in [2.45, 2.75) is 25.4 Å². The Balaban J connectivity index is 2.12. The quantitative estimate of drug-likeness (QED) is 0.600. The highest BCUT2D eigenvalue weighted by molar-refractivity contribution is 4.71. The minimum absolute atomic E-state index is 0.137. The lowest BCUT2D eigenvalue weighted by Crippen LogP contribution is -2.38. The molecule has 11 heavy (non-hydrogen) atoms. The van der Waals surface area contributed by atoms with E-state index in [1.54, 1.807) is 0 Å². The molecule has 1 unspecified atom stereocenters. The number of aliphatic hydroxyl groups excluding tert-OH is 2. The molecule has 0 bridgehead atoms. The number of likely N-dealkylation sites (tertiary alicyclic amines) is 1. The molecule has 1 aliphatic rings. The Labute approximate surface area is 67.6 Å². The zero-order valence-electron chi connectivity index (χ0n) is 6.87. The molecule has 0 spiro atoms. The number of nitrogens with zero attached hydrogens (tertiary/aromatic N) is 1. The van der Waals surface area contributed by atoms with Crippen molar-refractivity contribution >= 4 is 0 Å². The predicted octanol–water partition coefficient (Wildman–Crippen LogP) is -0.175. The van der Waals surface area contributed by atoms with Crippen LogP contribution in [0.25, 0.3) is 0 Å². The second-order valence-corrected chi connectivity index (χ2v) is 3.17. The minimum atomic E-state index is -0.137. The molecule has 2 N–H and O–H groups in total. The van der Waals surface area contributed by atoms with Gasteiger partial charge in [-0.1, -0.05) is 0 Å². The highest BCUT2D eigenvalue weighted by atomic mass is 16.3. The number of rotatable bonds is 3. The van der Waals surface area contributed by atoms with E-state index in [1.165, 1.54) is 0 Å². The Morgan fingerprint density at radius 2 is 2.27 bits per heavy atom. The van der Waals surface area contributed by atoms with Crippen LogP contribution in [0.3, 0.4) is 0 Å². The third-order valence-electron chi connectivity index (χ3n) is 2.11. The highest BCUT2D eigenvalue weighted by Crippen LogP contribution is 2.09. The normalized spacial score (nSPS) is 27.3. The molecule has 66 valence electrons. The van der Waals surface area contributed by atoms with Crippen molar-refractivity contribution in [2.75, 3.05) is 26.2 Å². The van der Waals surface area contributed by atoms with E-state index in [2.05, 4.69) is 4.90 Å². The first-order valence-electron chi connectivity index (χ1n) is 4.34. The largest absolute Gasteiger partial charge is 0.396 e.